The summed E-state index contributed by atoms with van der Waals surface area (Å²) in [5.41, 5.74) is 7.14. The molecule has 7 nitrogen and oxygen atoms in total. The Labute approximate surface area is 201 Å². The summed E-state index contributed by atoms with van der Waals surface area (Å²) in [5, 5.41) is 10.4. The molecule has 0 saturated carbocycles. The van der Waals surface area contributed by atoms with Gasteiger partial charge in [-0.3, -0.25) is 4.79 Å². The number of aromatic nitrogens is 2. The Morgan fingerprint density at radius 3 is 2.56 bits per heavy atom. The average molecular weight is 512 g/mol. The predicted molar refractivity (Wildman–Crippen MR) is 133 cm³/mol. The summed E-state index contributed by atoms with van der Waals surface area (Å²) in [6.45, 7) is 3.62. The first kappa shape index (κ1) is 25.6. The minimum absolute atomic E-state index is 0.175. The molecule has 0 spiro atoms. The number of anilines is 2. The first-order chi connectivity index (χ1) is 16.0. The van der Waals surface area contributed by atoms with Gasteiger partial charge in [0.2, 0.25) is 0 Å². The molecular weight excluding hydrogens is 487 g/mol. The van der Waals surface area contributed by atoms with Crippen molar-refractivity contribution in [3.63, 3.8) is 0 Å². The molecule has 1 aliphatic heterocycles. The van der Waals surface area contributed by atoms with Gasteiger partial charge in [0.05, 0.1) is 10.7 Å². The molecule has 0 aliphatic carbocycles. The fourth-order valence-electron chi connectivity index (χ4n) is 3.49. The summed E-state index contributed by atoms with van der Waals surface area (Å²) in [7, 11) is 1.89. The third-order valence-electron chi connectivity index (χ3n) is 5.05. The van der Waals surface area contributed by atoms with E-state index in [2.05, 4.69) is 26.6 Å². The number of fused-ring (bicyclic) bond motifs is 1. The van der Waals surface area contributed by atoms with E-state index in [-0.39, 0.29) is 27.4 Å². The van der Waals surface area contributed by atoms with E-state index < -0.39 is 6.36 Å². The third-order valence-corrected chi connectivity index (χ3v) is 7.73. The highest BCUT2D eigenvalue weighted by Crippen LogP contribution is 2.33. The van der Waals surface area contributed by atoms with Crippen molar-refractivity contribution in [3.05, 3.63) is 45.2 Å². The standard InChI is InChI=1S/C15H18N4OS2.C7H6F3NO/c1-10-17-12-13(19-5-4-7-22(3)8-6-19)11(9-16)14(20)18(2)15(12)21-10;8-7(9,10)12-6-3-1-5(11)2-4-6/h3-8H2,1-2H3;1-4H,11H2. The van der Waals surface area contributed by atoms with Gasteiger partial charge in [0.15, 0.2) is 0 Å². The number of nitrogens with zero attached hydrogens (tertiary/aromatic N) is 4. The zero-order valence-electron chi connectivity index (χ0n) is 18.7. The van der Waals surface area contributed by atoms with Crippen LogP contribution < -0.4 is 20.9 Å². The maximum atomic E-state index is 12.5. The smallest absolute Gasteiger partial charge is 0.406 e. The molecule has 1 fully saturated rings. The van der Waals surface area contributed by atoms with Gasteiger partial charge in [-0.15, -0.1) is 24.5 Å². The van der Waals surface area contributed by atoms with Gasteiger partial charge in [0.25, 0.3) is 5.56 Å². The van der Waals surface area contributed by atoms with E-state index in [9.17, 15) is 23.2 Å². The molecule has 34 heavy (non-hydrogen) atoms. The number of benzene rings is 1. The van der Waals surface area contributed by atoms with Crippen LogP contribution in [0.3, 0.4) is 0 Å². The van der Waals surface area contributed by atoms with Gasteiger partial charge in [-0.1, -0.05) is 5.87 Å². The minimum atomic E-state index is -4.64. The highest BCUT2D eigenvalue weighted by atomic mass is 32.2. The minimum Gasteiger partial charge on any atom is -0.406 e. The largest absolute Gasteiger partial charge is 0.573 e. The number of aryl methyl sites for hydroxylation is 2. The molecular formula is C22H24F3N5O2S2. The lowest BCUT2D eigenvalue weighted by molar-refractivity contribution is -0.274. The molecule has 0 radical (unpaired) electrons. The Bertz CT molecular complexity index is 1290. The Hall–Kier alpha value is -3.04. The summed E-state index contributed by atoms with van der Waals surface area (Å²) < 4.78 is 39.9. The first-order valence-corrected chi connectivity index (χ1v) is 12.8. The molecule has 12 heteroatoms. The van der Waals surface area contributed by atoms with E-state index in [4.69, 9.17) is 5.73 Å². The molecule has 1 saturated heterocycles. The maximum Gasteiger partial charge on any atom is 0.573 e. The third kappa shape index (κ3) is 6.09. The number of nitrogens with two attached hydrogens (primary N) is 1. The van der Waals surface area contributed by atoms with Gasteiger partial charge >= 0.3 is 6.36 Å². The molecule has 3 heterocycles. The number of hydrogen-bond acceptors (Lipinski definition) is 7. The van der Waals surface area contributed by atoms with E-state index >= 15 is 0 Å². The van der Waals surface area contributed by atoms with Crippen molar-refractivity contribution in [2.45, 2.75) is 19.7 Å². The van der Waals surface area contributed by atoms with Gasteiger partial charge in [-0.25, -0.2) is 4.98 Å². The average Bonchev–Trinajstić information content (AvgIpc) is 3.02. The second-order valence-electron chi connectivity index (χ2n) is 7.56. The van der Waals surface area contributed by atoms with Gasteiger partial charge in [0, 0.05) is 31.6 Å². The maximum absolute atomic E-state index is 12.5. The Morgan fingerprint density at radius 2 is 1.94 bits per heavy atom. The van der Waals surface area contributed by atoms with Crippen molar-refractivity contribution in [1.82, 2.24) is 9.55 Å². The number of alkyl halides is 3. The molecule has 2 N–H and O–H groups in total. The molecule has 1 atom stereocenters. The van der Waals surface area contributed by atoms with Crippen LogP contribution in [0.4, 0.5) is 24.5 Å². The molecule has 1 aromatic carbocycles. The van der Waals surface area contributed by atoms with Gasteiger partial charge in [-0.2, -0.15) is 15.7 Å². The lowest BCUT2D eigenvalue weighted by Crippen LogP contribution is -2.31. The number of hydrogen-bond donors (Lipinski definition) is 1. The first-order valence-electron chi connectivity index (χ1n) is 10.2. The van der Waals surface area contributed by atoms with Crippen LogP contribution in [0.25, 0.3) is 10.3 Å². The van der Waals surface area contributed by atoms with Crippen LogP contribution >= 0.6 is 21.8 Å². The van der Waals surface area contributed by atoms with Crippen molar-refractivity contribution in [1.29, 1.82) is 5.26 Å². The number of nitrogen functional groups attached to an aromatic ring is 1. The van der Waals surface area contributed by atoms with Crippen LogP contribution in [0.15, 0.2) is 29.1 Å². The monoisotopic (exact) mass is 511 g/mol. The molecule has 1 unspecified atom stereocenters. The quantitative estimate of drug-likeness (QED) is 0.408. The summed E-state index contributed by atoms with van der Waals surface area (Å²) in [6.07, 6.45) is -3.60. The van der Waals surface area contributed by atoms with Gasteiger partial charge < -0.3 is 19.9 Å². The molecule has 1 aliphatic rings. The Morgan fingerprint density at radius 1 is 1.26 bits per heavy atom. The van der Waals surface area contributed by atoms with Crippen LogP contribution in [-0.2, 0) is 7.05 Å². The molecule has 0 amide bonds. The Balaban J connectivity index is 0.000000229. The predicted octanol–water partition coefficient (Wildman–Crippen LogP) is 4.25. The van der Waals surface area contributed by atoms with Gasteiger partial charge in [0.1, 0.15) is 27.7 Å². The van der Waals surface area contributed by atoms with E-state index in [0.717, 1.165) is 64.2 Å². The normalized spacial score (nSPS) is 16.4. The summed E-state index contributed by atoms with van der Waals surface area (Å²) in [5.74, 6) is 6.03. The topological polar surface area (TPSA) is 97.2 Å². The number of thiazole rings is 1. The van der Waals surface area contributed by atoms with Crippen molar-refractivity contribution in [2.75, 3.05) is 35.2 Å². The van der Waals surface area contributed by atoms with Crippen LogP contribution in [0, 0.1) is 18.3 Å². The highest BCUT2D eigenvalue weighted by Gasteiger charge is 2.31. The molecule has 4 rings (SSSR count). The number of nitriles is 1. The molecule has 0 bridgehead atoms. The summed E-state index contributed by atoms with van der Waals surface area (Å²) in [4.78, 5) is 20.1. The molecule has 2 aromatic heterocycles. The number of rotatable bonds is 2. The van der Waals surface area contributed by atoms with E-state index in [0.29, 0.717) is 5.69 Å². The van der Waals surface area contributed by atoms with Crippen LogP contribution in [0.1, 0.15) is 17.0 Å². The van der Waals surface area contributed by atoms with E-state index in [1.54, 1.807) is 11.6 Å². The number of pyridine rings is 1. The lowest BCUT2D eigenvalue weighted by atomic mass is 10.2. The fourth-order valence-corrected chi connectivity index (χ4v) is 5.59. The van der Waals surface area contributed by atoms with Crippen LogP contribution in [-0.4, -0.2) is 46.4 Å². The van der Waals surface area contributed by atoms with Crippen LogP contribution in [0.5, 0.6) is 5.75 Å². The molecule has 182 valence electrons. The fraction of sp³-hybridized carbons (Fsp3) is 0.364. The van der Waals surface area contributed by atoms with Crippen molar-refractivity contribution in [2.24, 2.45) is 7.05 Å². The van der Waals surface area contributed by atoms with Crippen molar-refractivity contribution >= 4 is 49.4 Å². The second kappa shape index (κ2) is 10.5. The second-order valence-corrected chi connectivity index (χ2v) is 10.8. The van der Waals surface area contributed by atoms with Gasteiger partial charge in [-0.05, 0) is 43.4 Å². The summed E-state index contributed by atoms with van der Waals surface area (Å²) >= 11 is 1.50. The number of halogens is 3. The lowest BCUT2D eigenvalue weighted by Gasteiger charge is -2.24. The zero-order valence-corrected chi connectivity index (χ0v) is 20.3. The molecule has 3 aromatic rings. The summed E-state index contributed by atoms with van der Waals surface area (Å²) in [6, 6.07) is 7.09. The van der Waals surface area contributed by atoms with Crippen molar-refractivity contribution < 1.29 is 17.9 Å². The number of ether oxygens (including phenoxy) is 1. The van der Waals surface area contributed by atoms with Crippen LogP contribution in [0.2, 0.25) is 0 Å². The zero-order chi connectivity index (χ0) is 25.0. The highest BCUT2D eigenvalue weighted by molar-refractivity contribution is 8.14. The SMILES string of the molecule is C=S1CCCN(c2c(C#N)c(=O)n(C)c3sc(C)nc23)CC1.Nc1ccc(OC(F)(F)F)cc1. The van der Waals surface area contributed by atoms with E-state index in [1.165, 1.54) is 23.5 Å². The van der Waals surface area contributed by atoms with E-state index in [1.807, 2.05) is 6.92 Å². The Kier molecular flexibility index (Phi) is 7.89. The van der Waals surface area contributed by atoms with Crippen molar-refractivity contribution in [3.8, 4) is 11.8 Å².